The minimum absolute atomic E-state index is 0.153. The normalized spacial score (nSPS) is 10.7. The van der Waals surface area contributed by atoms with Crippen LogP contribution in [-0.4, -0.2) is 55.5 Å². The molecule has 0 aliphatic carbocycles. The molecule has 0 bridgehead atoms. The summed E-state index contributed by atoms with van der Waals surface area (Å²) in [4.78, 5) is 28.2. The van der Waals surface area contributed by atoms with Crippen LogP contribution in [0.1, 0.15) is 11.2 Å². The summed E-state index contributed by atoms with van der Waals surface area (Å²) in [5.74, 6) is -0.0186. The third-order valence-electron chi connectivity index (χ3n) is 3.21. The Labute approximate surface area is 133 Å². The molecule has 1 amide bonds. The maximum absolute atomic E-state index is 12.5. The number of nitrogens with one attached hydrogen (secondary N) is 2. The number of carbonyl (C=O) groups excluding carboxylic acids is 2. The first kappa shape index (κ1) is 16.9. The van der Waals surface area contributed by atoms with E-state index >= 15 is 0 Å². The summed E-state index contributed by atoms with van der Waals surface area (Å²) in [7, 11) is 2.87. The Morgan fingerprint density at radius 1 is 1.22 bits per heavy atom. The van der Waals surface area contributed by atoms with Crippen LogP contribution in [-0.2, 0) is 9.47 Å². The fourth-order valence-electron chi connectivity index (χ4n) is 2.11. The molecule has 0 saturated carbocycles. The lowest BCUT2D eigenvalue weighted by molar-refractivity contribution is 0.0909. The second kappa shape index (κ2) is 8.25. The van der Waals surface area contributed by atoms with Crippen LogP contribution in [0.2, 0.25) is 0 Å². The molecular formula is C15H20N4O4. The lowest BCUT2D eigenvalue weighted by Gasteiger charge is -2.09. The summed E-state index contributed by atoms with van der Waals surface area (Å²) in [6, 6.07) is 7.18. The number of carbonyl (C=O) groups is 2. The van der Waals surface area contributed by atoms with Crippen molar-refractivity contribution in [3.63, 3.8) is 0 Å². The average molecular weight is 320 g/mol. The van der Waals surface area contributed by atoms with Gasteiger partial charge in [-0.05, 0) is 12.1 Å². The third kappa shape index (κ3) is 4.27. The van der Waals surface area contributed by atoms with Gasteiger partial charge in [-0.15, -0.1) is 0 Å². The zero-order valence-electron chi connectivity index (χ0n) is 13.2. The number of anilines is 1. The molecule has 8 nitrogen and oxygen atoms in total. The van der Waals surface area contributed by atoms with E-state index in [1.165, 1.54) is 11.7 Å². The number of hydrogen-bond donors (Lipinski definition) is 2. The second-order valence-corrected chi connectivity index (χ2v) is 4.76. The van der Waals surface area contributed by atoms with Gasteiger partial charge in [0, 0.05) is 26.6 Å². The Balaban J connectivity index is 2.17. The smallest absolute Gasteiger partial charge is 0.413 e. The summed E-state index contributed by atoms with van der Waals surface area (Å²) in [5, 5.41) is 5.58. The summed E-state index contributed by atoms with van der Waals surface area (Å²) in [5.41, 5.74) is 1.26. The van der Waals surface area contributed by atoms with Crippen molar-refractivity contribution < 1.29 is 19.1 Å². The average Bonchev–Trinajstić information content (AvgIpc) is 2.92. The molecule has 0 aliphatic rings. The molecule has 1 aromatic heterocycles. The molecule has 0 unspecified atom stereocenters. The lowest BCUT2D eigenvalue weighted by Crippen LogP contribution is -2.25. The fourth-order valence-corrected chi connectivity index (χ4v) is 2.11. The van der Waals surface area contributed by atoms with E-state index in [2.05, 4.69) is 20.4 Å². The third-order valence-corrected chi connectivity index (χ3v) is 3.21. The van der Waals surface area contributed by atoms with Crippen LogP contribution in [0.3, 0.4) is 0 Å². The van der Waals surface area contributed by atoms with E-state index in [-0.39, 0.29) is 18.3 Å². The number of para-hydroxylation sites is 2. The first-order valence-corrected chi connectivity index (χ1v) is 7.22. The topological polar surface area (TPSA) is 94.5 Å². The first-order chi connectivity index (χ1) is 11.2. The van der Waals surface area contributed by atoms with Crippen molar-refractivity contribution in [1.82, 2.24) is 14.9 Å². The van der Waals surface area contributed by atoms with Crippen molar-refractivity contribution in [2.75, 3.05) is 39.2 Å². The van der Waals surface area contributed by atoms with Gasteiger partial charge in [0.2, 0.25) is 11.9 Å². The predicted octanol–water partition coefficient (Wildman–Crippen LogP) is 1.48. The fraction of sp³-hybridized carbons (Fsp3) is 0.400. The number of ether oxygens (including phenoxy) is 2. The van der Waals surface area contributed by atoms with Crippen LogP contribution in [0, 0.1) is 0 Å². The molecule has 2 rings (SSSR count). The van der Waals surface area contributed by atoms with Gasteiger partial charge in [0.05, 0.1) is 24.8 Å². The Hall–Kier alpha value is -2.45. The van der Waals surface area contributed by atoms with Crippen LogP contribution in [0.25, 0.3) is 11.0 Å². The van der Waals surface area contributed by atoms with Gasteiger partial charge in [0.1, 0.15) is 0 Å². The highest BCUT2D eigenvalue weighted by atomic mass is 16.5. The molecular weight excluding hydrogens is 300 g/mol. The van der Waals surface area contributed by atoms with Crippen LogP contribution < -0.4 is 10.6 Å². The number of methoxy groups -OCH3 is 2. The van der Waals surface area contributed by atoms with Crippen molar-refractivity contribution in [2.45, 2.75) is 6.42 Å². The van der Waals surface area contributed by atoms with Gasteiger partial charge in [-0.2, -0.15) is 0 Å². The zero-order valence-corrected chi connectivity index (χ0v) is 13.2. The lowest BCUT2D eigenvalue weighted by atomic mass is 10.3. The molecule has 1 aromatic carbocycles. The van der Waals surface area contributed by atoms with Crippen LogP contribution in [0.4, 0.5) is 10.7 Å². The minimum Gasteiger partial charge on any atom is -0.453 e. The predicted molar refractivity (Wildman–Crippen MR) is 85.7 cm³/mol. The summed E-state index contributed by atoms with van der Waals surface area (Å²) >= 11 is 0. The number of amides is 1. The molecule has 0 radical (unpaired) electrons. The first-order valence-electron chi connectivity index (χ1n) is 7.22. The highest BCUT2D eigenvalue weighted by Crippen LogP contribution is 2.20. The molecule has 0 atom stereocenters. The van der Waals surface area contributed by atoms with E-state index in [0.29, 0.717) is 30.7 Å². The quantitative estimate of drug-likeness (QED) is 0.751. The Morgan fingerprint density at radius 2 is 2.00 bits per heavy atom. The number of rotatable bonds is 7. The second-order valence-electron chi connectivity index (χ2n) is 4.76. The zero-order chi connectivity index (χ0) is 16.7. The van der Waals surface area contributed by atoms with Gasteiger partial charge in [0.25, 0.3) is 0 Å². The van der Waals surface area contributed by atoms with Gasteiger partial charge in [-0.1, -0.05) is 12.1 Å². The Morgan fingerprint density at radius 3 is 2.74 bits per heavy atom. The van der Waals surface area contributed by atoms with E-state index in [4.69, 9.17) is 4.74 Å². The van der Waals surface area contributed by atoms with E-state index in [1.807, 2.05) is 12.1 Å². The molecule has 23 heavy (non-hydrogen) atoms. The SMILES string of the molecule is COCCNCCC(=O)n1c(NC(=O)OC)nc2ccccc21. The molecule has 0 aliphatic heterocycles. The number of aromatic nitrogens is 2. The van der Waals surface area contributed by atoms with Crippen molar-refractivity contribution in [3.05, 3.63) is 24.3 Å². The molecule has 0 saturated heterocycles. The minimum atomic E-state index is -0.674. The highest BCUT2D eigenvalue weighted by Gasteiger charge is 2.18. The molecule has 0 fully saturated rings. The summed E-state index contributed by atoms with van der Waals surface area (Å²) in [6.45, 7) is 1.76. The molecule has 1 heterocycles. The molecule has 8 heteroatoms. The van der Waals surface area contributed by atoms with Crippen LogP contribution >= 0.6 is 0 Å². The van der Waals surface area contributed by atoms with E-state index < -0.39 is 6.09 Å². The highest BCUT2D eigenvalue weighted by molar-refractivity contribution is 5.96. The summed E-state index contributed by atoms with van der Waals surface area (Å²) < 4.78 is 10.9. The van der Waals surface area contributed by atoms with Gasteiger partial charge in [0.15, 0.2) is 0 Å². The number of imidazole rings is 1. The van der Waals surface area contributed by atoms with Gasteiger partial charge < -0.3 is 14.8 Å². The number of hydrogen-bond acceptors (Lipinski definition) is 6. The largest absolute Gasteiger partial charge is 0.453 e. The maximum Gasteiger partial charge on any atom is 0.413 e. The van der Waals surface area contributed by atoms with E-state index in [1.54, 1.807) is 19.2 Å². The van der Waals surface area contributed by atoms with Gasteiger partial charge in [-0.3, -0.25) is 10.1 Å². The monoisotopic (exact) mass is 320 g/mol. The van der Waals surface area contributed by atoms with Crippen molar-refractivity contribution in [2.24, 2.45) is 0 Å². The number of nitrogens with zero attached hydrogens (tertiary/aromatic N) is 2. The van der Waals surface area contributed by atoms with Gasteiger partial charge in [-0.25, -0.2) is 14.3 Å². The van der Waals surface area contributed by atoms with Crippen molar-refractivity contribution in [3.8, 4) is 0 Å². The molecule has 2 aromatic rings. The maximum atomic E-state index is 12.5. The number of benzene rings is 1. The summed E-state index contributed by atoms with van der Waals surface area (Å²) in [6.07, 6.45) is -0.410. The molecule has 124 valence electrons. The van der Waals surface area contributed by atoms with Crippen molar-refractivity contribution >= 4 is 29.0 Å². The molecule has 2 N–H and O–H groups in total. The van der Waals surface area contributed by atoms with Crippen LogP contribution in [0.5, 0.6) is 0 Å². The van der Waals surface area contributed by atoms with Gasteiger partial charge >= 0.3 is 6.09 Å². The standard InChI is InChI=1S/C15H20N4O4/c1-22-10-9-16-8-7-13(20)19-12-6-4-3-5-11(12)17-14(19)18-15(21)23-2/h3-6,16H,7-10H2,1-2H3,(H,17,18,21). The van der Waals surface area contributed by atoms with Crippen molar-refractivity contribution in [1.29, 1.82) is 0 Å². The molecule has 0 spiro atoms. The van der Waals surface area contributed by atoms with E-state index in [9.17, 15) is 9.59 Å². The van der Waals surface area contributed by atoms with E-state index in [0.717, 1.165) is 0 Å². The van der Waals surface area contributed by atoms with Crippen LogP contribution in [0.15, 0.2) is 24.3 Å². The number of fused-ring (bicyclic) bond motifs is 1. The Kier molecular flexibility index (Phi) is 6.07. The Bertz CT molecular complexity index is 683.